The summed E-state index contributed by atoms with van der Waals surface area (Å²) in [4.78, 5) is 16.0. The number of hydrogen-bond acceptors (Lipinski definition) is 7. The molecule has 10 heteroatoms. The Morgan fingerprint density at radius 1 is 1.15 bits per heavy atom. The zero-order valence-electron chi connectivity index (χ0n) is 14.3. The van der Waals surface area contributed by atoms with Crippen molar-refractivity contribution in [3.63, 3.8) is 0 Å². The van der Waals surface area contributed by atoms with Gasteiger partial charge in [0.25, 0.3) is 5.69 Å². The van der Waals surface area contributed by atoms with Gasteiger partial charge in [0.1, 0.15) is 0 Å². The lowest BCUT2D eigenvalue weighted by molar-refractivity contribution is -0.384. The normalized spacial score (nSPS) is 11.4. The maximum absolute atomic E-state index is 13.0. The van der Waals surface area contributed by atoms with Crippen LogP contribution in [0.3, 0.4) is 0 Å². The molecule has 0 atom stereocenters. The SMILES string of the molecule is CN(C)c1oc(-c2cccc([N+](=O)[O-])c2)nc1S(=O)(=O)c1ccc(Cl)cc1. The molecule has 2 aromatic carbocycles. The molecule has 0 aliphatic carbocycles. The molecule has 0 amide bonds. The molecule has 0 radical (unpaired) electrons. The van der Waals surface area contributed by atoms with Crippen LogP contribution < -0.4 is 4.90 Å². The van der Waals surface area contributed by atoms with Gasteiger partial charge in [-0.15, -0.1) is 0 Å². The molecule has 0 spiro atoms. The summed E-state index contributed by atoms with van der Waals surface area (Å²) in [5.41, 5.74) is 0.143. The number of hydrogen-bond donors (Lipinski definition) is 0. The smallest absolute Gasteiger partial charge is 0.270 e. The monoisotopic (exact) mass is 407 g/mol. The fraction of sp³-hybridized carbons (Fsp3) is 0.118. The summed E-state index contributed by atoms with van der Waals surface area (Å²) >= 11 is 5.82. The van der Waals surface area contributed by atoms with Crippen molar-refractivity contribution in [1.29, 1.82) is 0 Å². The number of non-ortho nitro benzene ring substituents is 1. The summed E-state index contributed by atoms with van der Waals surface area (Å²) in [7, 11) is -0.765. The highest BCUT2D eigenvalue weighted by molar-refractivity contribution is 7.91. The molecule has 0 fully saturated rings. The van der Waals surface area contributed by atoms with Crippen LogP contribution in [0.15, 0.2) is 62.9 Å². The molecule has 0 saturated carbocycles. The predicted octanol–water partition coefficient (Wildman–Crippen LogP) is 3.80. The topological polar surface area (TPSA) is 107 Å². The number of sulfone groups is 1. The first kappa shape index (κ1) is 18.9. The molecule has 8 nitrogen and oxygen atoms in total. The van der Waals surface area contributed by atoms with E-state index in [-0.39, 0.29) is 27.4 Å². The van der Waals surface area contributed by atoms with Gasteiger partial charge in [-0.25, -0.2) is 8.42 Å². The van der Waals surface area contributed by atoms with Gasteiger partial charge in [0.2, 0.25) is 26.6 Å². The van der Waals surface area contributed by atoms with Crippen LogP contribution in [0.2, 0.25) is 5.02 Å². The fourth-order valence-electron chi connectivity index (χ4n) is 2.36. The highest BCUT2D eigenvalue weighted by Gasteiger charge is 2.29. The number of nitrogens with zero attached hydrogens (tertiary/aromatic N) is 3. The van der Waals surface area contributed by atoms with Gasteiger partial charge >= 0.3 is 0 Å². The molecule has 0 saturated heterocycles. The molecule has 0 aliphatic heterocycles. The molecule has 1 aromatic heterocycles. The second kappa shape index (κ2) is 7.01. The van der Waals surface area contributed by atoms with Crippen LogP contribution in [-0.4, -0.2) is 32.4 Å². The summed E-state index contributed by atoms with van der Waals surface area (Å²) in [6, 6.07) is 11.3. The standard InChI is InChI=1S/C17H14ClN3O5S/c1-20(2)17-16(27(24,25)14-8-6-12(18)7-9-14)19-15(26-17)11-4-3-5-13(10-11)21(22)23/h3-10H,1-2H3. The minimum atomic E-state index is -3.98. The number of benzene rings is 2. The van der Waals surface area contributed by atoms with E-state index < -0.39 is 14.8 Å². The van der Waals surface area contributed by atoms with Crippen LogP contribution in [0.1, 0.15) is 0 Å². The molecule has 1 heterocycles. The lowest BCUT2D eigenvalue weighted by Crippen LogP contribution is -2.13. The fourth-order valence-corrected chi connectivity index (χ4v) is 3.86. The van der Waals surface area contributed by atoms with Crippen molar-refractivity contribution in [3.05, 3.63) is 63.7 Å². The average molecular weight is 408 g/mol. The Labute approximate surface area is 160 Å². The average Bonchev–Trinajstić information content (AvgIpc) is 3.09. The largest absolute Gasteiger partial charge is 0.419 e. The number of rotatable bonds is 5. The van der Waals surface area contributed by atoms with Gasteiger partial charge in [-0.1, -0.05) is 17.7 Å². The van der Waals surface area contributed by atoms with Crippen molar-refractivity contribution in [1.82, 2.24) is 4.98 Å². The third kappa shape index (κ3) is 3.64. The van der Waals surface area contributed by atoms with E-state index in [0.29, 0.717) is 10.6 Å². The van der Waals surface area contributed by atoms with E-state index in [1.807, 2.05) is 0 Å². The van der Waals surface area contributed by atoms with Crippen LogP contribution in [0.25, 0.3) is 11.5 Å². The quantitative estimate of drug-likeness (QED) is 0.467. The first-order chi connectivity index (χ1) is 12.7. The first-order valence-corrected chi connectivity index (χ1v) is 9.50. The van der Waals surface area contributed by atoms with Crippen molar-refractivity contribution in [2.24, 2.45) is 0 Å². The lowest BCUT2D eigenvalue weighted by atomic mass is 10.2. The Hall–Kier alpha value is -2.91. The van der Waals surface area contributed by atoms with Crippen LogP contribution in [0, 0.1) is 10.1 Å². The Morgan fingerprint density at radius 2 is 1.81 bits per heavy atom. The highest BCUT2D eigenvalue weighted by atomic mass is 35.5. The zero-order chi connectivity index (χ0) is 19.8. The van der Waals surface area contributed by atoms with Crippen molar-refractivity contribution >= 4 is 33.0 Å². The number of anilines is 1. The number of halogens is 1. The van der Waals surface area contributed by atoms with Crippen molar-refractivity contribution in [3.8, 4) is 11.5 Å². The molecular weight excluding hydrogens is 394 g/mol. The number of oxazole rings is 1. The predicted molar refractivity (Wildman–Crippen MR) is 99.8 cm³/mol. The maximum atomic E-state index is 13.0. The third-order valence-electron chi connectivity index (χ3n) is 3.67. The Kier molecular flexibility index (Phi) is 4.90. The first-order valence-electron chi connectivity index (χ1n) is 7.64. The van der Waals surface area contributed by atoms with Crippen LogP contribution in [-0.2, 0) is 9.84 Å². The summed E-state index contributed by atoms with van der Waals surface area (Å²) in [5.74, 6) is -0.0126. The van der Waals surface area contributed by atoms with Crippen molar-refractivity contribution in [2.75, 3.05) is 19.0 Å². The maximum Gasteiger partial charge on any atom is 0.270 e. The van der Waals surface area contributed by atoms with Crippen molar-refractivity contribution < 1.29 is 17.8 Å². The minimum absolute atomic E-state index is 0.00823. The zero-order valence-corrected chi connectivity index (χ0v) is 15.9. The van der Waals surface area contributed by atoms with Gasteiger partial charge in [-0.2, -0.15) is 4.98 Å². The third-order valence-corrected chi connectivity index (χ3v) is 5.59. The van der Waals surface area contributed by atoms with E-state index in [2.05, 4.69) is 4.98 Å². The van der Waals surface area contributed by atoms with Gasteiger partial charge in [0.15, 0.2) is 0 Å². The van der Waals surface area contributed by atoms with E-state index >= 15 is 0 Å². The van der Waals surface area contributed by atoms with Crippen LogP contribution >= 0.6 is 11.6 Å². The Balaban J connectivity index is 2.16. The van der Waals surface area contributed by atoms with Crippen LogP contribution in [0.5, 0.6) is 0 Å². The summed E-state index contributed by atoms with van der Waals surface area (Å²) in [6.45, 7) is 0. The molecule has 3 rings (SSSR count). The Morgan fingerprint density at radius 3 is 2.41 bits per heavy atom. The van der Waals surface area contributed by atoms with E-state index in [0.717, 1.165) is 0 Å². The molecule has 0 aliphatic rings. The lowest BCUT2D eigenvalue weighted by Gasteiger charge is -2.10. The highest BCUT2D eigenvalue weighted by Crippen LogP contribution is 2.34. The van der Waals surface area contributed by atoms with Gasteiger partial charge in [-0.3, -0.25) is 10.1 Å². The summed E-state index contributed by atoms with van der Waals surface area (Å²) in [6.07, 6.45) is 0. The summed E-state index contributed by atoms with van der Waals surface area (Å²) in [5, 5.41) is 11.1. The summed E-state index contributed by atoms with van der Waals surface area (Å²) < 4.78 is 31.6. The minimum Gasteiger partial charge on any atom is -0.419 e. The molecular formula is C17H14ClN3O5S. The van der Waals surface area contributed by atoms with Gasteiger partial charge in [0.05, 0.1) is 9.82 Å². The molecule has 27 heavy (non-hydrogen) atoms. The van der Waals surface area contributed by atoms with Gasteiger partial charge in [-0.05, 0) is 30.3 Å². The second-order valence-electron chi connectivity index (χ2n) is 5.79. The number of nitro groups is 1. The Bertz CT molecular complexity index is 1110. The molecule has 0 bridgehead atoms. The van der Waals surface area contributed by atoms with Gasteiger partial charge in [0, 0.05) is 36.8 Å². The molecule has 0 unspecified atom stereocenters. The van der Waals surface area contributed by atoms with Gasteiger partial charge < -0.3 is 9.32 Å². The molecule has 140 valence electrons. The number of nitro benzene ring substituents is 1. The second-order valence-corrected chi connectivity index (χ2v) is 8.09. The van der Waals surface area contributed by atoms with E-state index in [9.17, 15) is 18.5 Å². The molecule has 3 aromatic rings. The number of aromatic nitrogens is 1. The molecule has 0 N–H and O–H groups in total. The van der Waals surface area contributed by atoms with E-state index in [1.54, 1.807) is 20.2 Å². The van der Waals surface area contributed by atoms with E-state index in [4.69, 9.17) is 16.0 Å². The van der Waals surface area contributed by atoms with Crippen LogP contribution in [0.4, 0.5) is 11.6 Å². The van der Waals surface area contributed by atoms with Crippen molar-refractivity contribution in [2.45, 2.75) is 9.92 Å². The van der Waals surface area contributed by atoms with E-state index in [1.165, 1.54) is 47.4 Å².